The molecule has 1 aromatic carbocycles. The third-order valence-corrected chi connectivity index (χ3v) is 3.07. The Balaban J connectivity index is 2.29. The van der Waals surface area contributed by atoms with E-state index < -0.39 is 11.6 Å². The molecule has 0 amide bonds. The van der Waals surface area contributed by atoms with E-state index in [2.05, 4.69) is 27.7 Å². The third kappa shape index (κ3) is 2.60. The quantitative estimate of drug-likeness (QED) is 0.844. The zero-order valence-corrected chi connectivity index (χ0v) is 11.7. The Labute approximate surface area is 119 Å². The molecule has 0 aliphatic heterocycles. The third-order valence-electron chi connectivity index (χ3n) is 2.85. The van der Waals surface area contributed by atoms with Gasteiger partial charge >= 0.3 is 0 Å². The first-order valence-corrected chi connectivity index (χ1v) is 6.21. The first kappa shape index (κ1) is 14.3. The zero-order chi connectivity index (χ0) is 14.9. The number of nitrogens with two attached hydrogens (primary N) is 1. The van der Waals surface area contributed by atoms with Gasteiger partial charge in [0.2, 0.25) is 0 Å². The van der Waals surface area contributed by atoms with Gasteiger partial charge in [0.25, 0.3) is 0 Å². The van der Waals surface area contributed by atoms with Gasteiger partial charge in [-0.15, -0.1) is 10.2 Å². The van der Waals surface area contributed by atoms with E-state index in [1.807, 2.05) is 0 Å². The average Bonchev–Trinajstić information content (AvgIpc) is 2.81. The Morgan fingerprint density at radius 3 is 2.65 bits per heavy atom. The van der Waals surface area contributed by atoms with Crippen LogP contribution < -0.4 is 11.1 Å². The van der Waals surface area contributed by atoms with Gasteiger partial charge in [0.05, 0.1) is 11.7 Å². The molecule has 2 aromatic rings. The van der Waals surface area contributed by atoms with Crippen molar-refractivity contribution in [1.29, 1.82) is 0 Å². The van der Waals surface area contributed by atoms with Crippen LogP contribution in [0.5, 0.6) is 0 Å². The lowest BCUT2D eigenvalue weighted by Crippen LogP contribution is -2.16. The van der Waals surface area contributed by atoms with Crippen molar-refractivity contribution in [2.45, 2.75) is 13.0 Å². The van der Waals surface area contributed by atoms with Crippen LogP contribution in [0.3, 0.4) is 0 Å². The molecule has 3 N–H and O–H groups in total. The molecule has 1 atom stereocenters. The van der Waals surface area contributed by atoms with Crippen molar-refractivity contribution in [3.05, 3.63) is 41.5 Å². The maximum absolute atomic E-state index is 13.9. The molecule has 20 heavy (non-hydrogen) atoms. The van der Waals surface area contributed by atoms with Crippen LogP contribution in [0, 0.1) is 11.6 Å². The lowest BCUT2D eigenvalue weighted by atomic mass is 10.1. The highest BCUT2D eigenvalue weighted by molar-refractivity contribution is 7.80. The number of hydrogen-bond acceptors (Lipinski definition) is 4. The highest BCUT2D eigenvalue weighted by Crippen LogP contribution is 2.24. The summed E-state index contributed by atoms with van der Waals surface area (Å²) >= 11 is 4.65. The van der Waals surface area contributed by atoms with Crippen LogP contribution >= 0.6 is 12.2 Å². The van der Waals surface area contributed by atoms with E-state index in [9.17, 15) is 8.78 Å². The smallest absolute Gasteiger partial charge is 0.182 e. The van der Waals surface area contributed by atoms with Crippen LogP contribution in [-0.2, 0) is 7.05 Å². The van der Waals surface area contributed by atoms with E-state index in [4.69, 9.17) is 5.73 Å². The number of rotatable bonds is 4. The van der Waals surface area contributed by atoms with E-state index in [0.717, 1.165) is 0 Å². The highest BCUT2D eigenvalue weighted by Gasteiger charge is 2.18. The molecule has 0 saturated carbocycles. The molecule has 1 aromatic heterocycles. The largest absolute Gasteiger partial charge is 0.389 e. The van der Waals surface area contributed by atoms with Crippen LogP contribution in [0.25, 0.3) is 0 Å². The molecule has 0 bridgehead atoms. The predicted molar refractivity (Wildman–Crippen MR) is 75.3 cm³/mol. The minimum Gasteiger partial charge on any atom is -0.389 e. The van der Waals surface area contributed by atoms with Crippen molar-refractivity contribution in [3.63, 3.8) is 0 Å². The Bertz CT molecular complexity index is 655. The molecule has 0 fully saturated rings. The molecular weight excluding hydrogens is 284 g/mol. The summed E-state index contributed by atoms with van der Waals surface area (Å²) in [6.45, 7) is 1.77. The fraction of sp³-hybridized carbons (Fsp3) is 0.250. The van der Waals surface area contributed by atoms with E-state index in [1.165, 1.54) is 18.5 Å². The van der Waals surface area contributed by atoms with Gasteiger partial charge in [-0.05, 0) is 19.1 Å². The summed E-state index contributed by atoms with van der Waals surface area (Å²) < 4.78 is 29.4. The van der Waals surface area contributed by atoms with Crippen LogP contribution in [0.1, 0.15) is 24.4 Å². The summed E-state index contributed by atoms with van der Waals surface area (Å²) in [7, 11) is 1.76. The number of hydrogen-bond donors (Lipinski definition) is 2. The van der Waals surface area contributed by atoms with Crippen LogP contribution in [0.2, 0.25) is 0 Å². The number of halogens is 2. The molecule has 106 valence electrons. The van der Waals surface area contributed by atoms with Gasteiger partial charge in [-0.2, -0.15) is 0 Å². The predicted octanol–water partition coefficient (Wildman–Crippen LogP) is 1.90. The normalized spacial score (nSPS) is 12.2. The Kier molecular flexibility index (Phi) is 3.93. The minimum atomic E-state index is -1.06. The molecule has 0 radical (unpaired) electrons. The zero-order valence-electron chi connectivity index (χ0n) is 10.9. The molecular formula is C12H13F2N5S. The molecule has 1 heterocycles. The van der Waals surface area contributed by atoms with E-state index in [0.29, 0.717) is 5.82 Å². The van der Waals surface area contributed by atoms with E-state index in [1.54, 1.807) is 18.5 Å². The van der Waals surface area contributed by atoms with Crippen molar-refractivity contribution in [2.75, 3.05) is 5.32 Å². The Morgan fingerprint density at radius 1 is 1.40 bits per heavy atom. The monoisotopic (exact) mass is 297 g/mol. The fourth-order valence-electron chi connectivity index (χ4n) is 1.83. The fourth-order valence-corrected chi connectivity index (χ4v) is 1.99. The van der Waals surface area contributed by atoms with Gasteiger partial charge < -0.3 is 15.6 Å². The first-order valence-electron chi connectivity index (χ1n) is 5.80. The van der Waals surface area contributed by atoms with Crippen molar-refractivity contribution in [2.24, 2.45) is 12.8 Å². The number of aromatic nitrogens is 3. The Morgan fingerprint density at radius 2 is 2.10 bits per heavy atom. The van der Waals surface area contributed by atoms with Crippen molar-refractivity contribution >= 4 is 22.9 Å². The second-order valence-electron chi connectivity index (χ2n) is 4.32. The number of nitrogens with zero attached hydrogens (tertiary/aromatic N) is 3. The summed E-state index contributed by atoms with van der Waals surface area (Å²) in [6.07, 6.45) is 1.53. The van der Waals surface area contributed by atoms with Crippen LogP contribution in [0.4, 0.5) is 14.5 Å². The maximum Gasteiger partial charge on any atom is 0.182 e. The molecule has 0 aliphatic carbocycles. The summed E-state index contributed by atoms with van der Waals surface area (Å²) in [5.74, 6) is -1.49. The maximum atomic E-state index is 13.9. The summed E-state index contributed by atoms with van der Waals surface area (Å²) in [5.41, 5.74) is 5.21. The van der Waals surface area contributed by atoms with Crippen molar-refractivity contribution in [1.82, 2.24) is 14.8 Å². The molecule has 8 heteroatoms. The molecule has 0 saturated heterocycles. The highest BCUT2D eigenvalue weighted by atomic mass is 32.1. The van der Waals surface area contributed by atoms with E-state index in [-0.39, 0.29) is 22.3 Å². The lowest BCUT2D eigenvalue weighted by Gasteiger charge is -2.16. The topological polar surface area (TPSA) is 68.8 Å². The lowest BCUT2D eigenvalue weighted by molar-refractivity contribution is 0.508. The van der Waals surface area contributed by atoms with Gasteiger partial charge in [0.15, 0.2) is 17.5 Å². The van der Waals surface area contributed by atoms with Crippen molar-refractivity contribution in [3.8, 4) is 0 Å². The summed E-state index contributed by atoms with van der Waals surface area (Å²) in [5, 5.41) is 10.5. The SMILES string of the molecule is CC(Nc1ccc(C(N)=S)c(F)c1F)c1nncn1C. The molecule has 5 nitrogen and oxygen atoms in total. The van der Waals surface area contributed by atoms with Gasteiger partial charge in [0.1, 0.15) is 11.3 Å². The number of nitrogens with one attached hydrogen (secondary N) is 1. The molecule has 2 rings (SSSR count). The number of thiocarbonyl (C=S) groups is 1. The van der Waals surface area contributed by atoms with Gasteiger partial charge in [-0.25, -0.2) is 8.78 Å². The second kappa shape index (κ2) is 5.49. The summed E-state index contributed by atoms with van der Waals surface area (Å²) in [4.78, 5) is -0.186. The first-order chi connectivity index (χ1) is 9.41. The average molecular weight is 297 g/mol. The molecule has 0 spiro atoms. The van der Waals surface area contributed by atoms with Gasteiger partial charge in [-0.3, -0.25) is 0 Å². The molecule has 1 unspecified atom stereocenters. The Hall–Kier alpha value is -2.09. The summed E-state index contributed by atoms with van der Waals surface area (Å²) in [6, 6.07) is 2.39. The standard InChI is InChI=1S/C12H13F2N5S/c1-6(12-18-16-5-19(12)2)17-8-4-3-7(11(15)20)9(13)10(8)14/h3-6,17H,1-2H3,(H2,15,20). The number of benzene rings is 1. The van der Waals surface area contributed by atoms with E-state index >= 15 is 0 Å². The van der Waals surface area contributed by atoms with Gasteiger partial charge in [0, 0.05) is 12.6 Å². The minimum absolute atomic E-state index is 0.0120. The van der Waals surface area contributed by atoms with Crippen LogP contribution in [-0.4, -0.2) is 19.8 Å². The van der Waals surface area contributed by atoms with Crippen molar-refractivity contribution < 1.29 is 8.78 Å². The molecule has 0 aliphatic rings. The number of aryl methyl sites for hydroxylation is 1. The van der Waals surface area contributed by atoms with Gasteiger partial charge in [-0.1, -0.05) is 12.2 Å². The van der Waals surface area contributed by atoms with Crippen LogP contribution in [0.15, 0.2) is 18.5 Å². The second-order valence-corrected chi connectivity index (χ2v) is 4.76. The number of anilines is 1.